The Hall–Kier alpha value is -1.85. The van der Waals surface area contributed by atoms with Gasteiger partial charge in [0.05, 0.1) is 5.75 Å². The molecule has 0 aliphatic rings. The van der Waals surface area contributed by atoms with E-state index in [4.69, 9.17) is 16.7 Å². The molecular formula is C12H8ClF3N2O4S2. The first-order valence-corrected chi connectivity index (χ1v) is 8.89. The fourth-order valence-electron chi connectivity index (χ4n) is 1.65. The number of carbonyl (C=O) groups is 1. The molecule has 2 rings (SSSR count). The number of nitrogens with one attached hydrogen (secondary N) is 1. The topological polar surface area (TPSA) is 96.4 Å². The zero-order valence-corrected chi connectivity index (χ0v) is 13.9. The number of rotatable bonds is 5. The Labute approximate surface area is 143 Å². The molecule has 24 heavy (non-hydrogen) atoms. The Kier molecular flexibility index (Phi) is 5.06. The Morgan fingerprint density at radius 1 is 1.33 bits per heavy atom. The van der Waals surface area contributed by atoms with Crippen LogP contribution in [-0.4, -0.2) is 24.5 Å². The zero-order valence-electron chi connectivity index (χ0n) is 11.5. The molecule has 0 bridgehead atoms. The van der Waals surface area contributed by atoms with Gasteiger partial charge in [-0.2, -0.15) is 13.2 Å². The number of anilines is 1. The third-order valence-electron chi connectivity index (χ3n) is 2.62. The van der Waals surface area contributed by atoms with Crippen LogP contribution in [0.4, 0.5) is 18.2 Å². The first kappa shape index (κ1) is 18.5. The number of aromatic carboxylic acids is 1. The fourth-order valence-corrected chi connectivity index (χ4v) is 4.27. The summed E-state index contributed by atoms with van der Waals surface area (Å²) in [5, 5.41) is 6.87. The summed E-state index contributed by atoms with van der Waals surface area (Å²) in [7, 11) is -4.19. The SMILES string of the molecule is O=C(O)c1nc(C(F)(F)F)sc1NS(=O)(=O)Cc1ccccc1Cl. The summed E-state index contributed by atoms with van der Waals surface area (Å²) in [5.41, 5.74) is -0.806. The first-order chi connectivity index (χ1) is 11.0. The molecule has 0 fully saturated rings. The van der Waals surface area contributed by atoms with Gasteiger partial charge in [0.15, 0.2) is 5.69 Å². The molecule has 6 nitrogen and oxygen atoms in total. The van der Waals surface area contributed by atoms with Crippen molar-refractivity contribution in [2.24, 2.45) is 0 Å². The van der Waals surface area contributed by atoms with Gasteiger partial charge in [0.2, 0.25) is 15.0 Å². The summed E-state index contributed by atoms with van der Waals surface area (Å²) >= 11 is 5.73. The number of carboxylic acid groups (broad SMARTS) is 1. The molecule has 0 saturated carbocycles. The van der Waals surface area contributed by atoms with Gasteiger partial charge in [0.1, 0.15) is 5.00 Å². The molecule has 0 unspecified atom stereocenters. The lowest BCUT2D eigenvalue weighted by atomic mass is 10.2. The van der Waals surface area contributed by atoms with Gasteiger partial charge in [-0.3, -0.25) is 4.72 Å². The molecule has 0 saturated heterocycles. The van der Waals surface area contributed by atoms with E-state index in [1.807, 2.05) is 4.72 Å². The van der Waals surface area contributed by atoms with Crippen LogP contribution in [0, 0.1) is 0 Å². The Bertz CT molecular complexity index is 881. The van der Waals surface area contributed by atoms with Crippen LogP contribution < -0.4 is 4.72 Å². The van der Waals surface area contributed by atoms with Crippen LogP contribution in [0.15, 0.2) is 24.3 Å². The summed E-state index contributed by atoms with van der Waals surface area (Å²) in [5.74, 6) is -2.41. The number of alkyl halides is 3. The third kappa shape index (κ3) is 4.36. The molecular weight excluding hydrogens is 393 g/mol. The van der Waals surface area contributed by atoms with Crippen LogP contribution in [0.5, 0.6) is 0 Å². The molecule has 0 aliphatic heterocycles. The van der Waals surface area contributed by atoms with Crippen LogP contribution in [0.1, 0.15) is 21.1 Å². The van der Waals surface area contributed by atoms with E-state index in [-0.39, 0.29) is 21.9 Å². The lowest BCUT2D eigenvalue weighted by molar-refractivity contribution is -0.137. The maximum absolute atomic E-state index is 12.6. The van der Waals surface area contributed by atoms with E-state index >= 15 is 0 Å². The number of hydrogen-bond acceptors (Lipinski definition) is 5. The molecule has 0 aliphatic carbocycles. The van der Waals surface area contributed by atoms with Gasteiger partial charge in [-0.1, -0.05) is 41.1 Å². The lowest BCUT2D eigenvalue weighted by Crippen LogP contribution is -2.16. The molecule has 0 atom stereocenters. The summed E-state index contributed by atoms with van der Waals surface area (Å²) in [6, 6.07) is 5.98. The number of nitrogens with zero attached hydrogens (tertiary/aromatic N) is 1. The molecule has 12 heteroatoms. The highest BCUT2D eigenvalue weighted by atomic mass is 35.5. The van der Waals surface area contributed by atoms with E-state index in [9.17, 15) is 26.4 Å². The highest BCUT2D eigenvalue weighted by Crippen LogP contribution is 2.37. The minimum absolute atomic E-state index is 0.104. The second kappa shape index (κ2) is 6.57. The van der Waals surface area contributed by atoms with E-state index in [0.29, 0.717) is 0 Å². The maximum Gasteiger partial charge on any atom is 0.443 e. The van der Waals surface area contributed by atoms with Gasteiger partial charge in [-0.25, -0.2) is 18.2 Å². The van der Waals surface area contributed by atoms with Crippen LogP contribution >= 0.6 is 22.9 Å². The molecule has 0 radical (unpaired) electrons. The van der Waals surface area contributed by atoms with E-state index in [1.165, 1.54) is 18.2 Å². The number of sulfonamides is 1. The van der Waals surface area contributed by atoms with Crippen molar-refractivity contribution in [1.29, 1.82) is 0 Å². The quantitative estimate of drug-likeness (QED) is 0.801. The van der Waals surface area contributed by atoms with Crippen molar-refractivity contribution in [3.05, 3.63) is 45.6 Å². The molecule has 1 aromatic carbocycles. The smallest absolute Gasteiger partial charge is 0.443 e. The van der Waals surface area contributed by atoms with Crippen molar-refractivity contribution in [2.75, 3.05) is 4.72 Å². The standard InChI is InChI=1S/C12H8ClF3N2O4S2/c13-7-4-2-1-3-6(7)5-24(21,22)18-9-8(10(19)20)17-11(23-9)12(14,15)16/h1-4,18H,5H2,(H,19,20). The average molecular weight is 401 g/mol. The fraction of sp³-hybridized carbons (Fsp3) is 0.167. The monoisotopic (exact) mass is 400 g/mol. The van der Waals surface area contributed by atoms with Crippen molar-refractivity contribution >= 4 is 43.9 Å². The molecule has 2 aromatic rings. The number of thiazole rings is 1. The Morgan fingerprint density at radius 2 is 1.96 bits per heavy atom. The predicted octanol–water partition coefficient (Wildman–Crippen LogP) is 3.46. The summed E-state index contributed by atoms with van der Waals surface area (Å²) in [6.45, 7) is 0. The van der Waals surface area contributed by atoms with Crippen LogP contribution in [-0.2, 0) is 22.0 Å². The first-order valence-electron chi connectivity index (χ1n) is 6.05. The minimum Gasteiger partial charge on any atom is -0.476 e. The van der Waals surface area contributed by atoms with E-state index in [2.05, 4.69) is 4.98 Å². The number of halogens is 4. The van der Waals surface area contributed by atoms with E-state index < -0.39 is 43.6 Å². The molecule has 2 N–H and O–H groups in total. The summed E-state index contributed by atoms with van der Waals surface area (Å²) in [6.07, 6.45) is -4.89. The Balaban J connectivity index is 2.34. The van der Waals surface area contributed by atoms with Crippen LogP contribution in [0.25, 0.3) is 0 Å². The molecule has 1 aromatic heterocycles. The number of aromatic nitrogens is 1. The average Bonchev–Trinajstić information content (AvgIpc) is 2.84. The van der Waals surface area contributed by atoms with Crippen molar-refractivity contribution in [3.8, 4) is 0 Å². The van der Waals surface area contributed by atoms with Gasteiger partial charge in [0, 0.05) is 5.02 Å². The largest absolute Gasteiger partial charge is 0.476 e. The zero-order chi connectivity index (χ0) is 18.1. The van der Waals surface area contributed by atoms with Crippen LogP contribution in [0.2, 0.25) is 5.02 Å². The predicted molar refractivity (Wildman–Crippen MR) is 81.8 cm³/mol. The molecule has 130 valence electrons. The second-order valence-electron chi connectivity index (χ2n) is 4.45. The third-order valence-corrected chi connectivity index (χ3v) is 5.34. The van der Waals surface area contributed by atoms with Crippen molar-refractivity contribution < 1.29 is 31.5 Å². The molecule has 1 heterocycles. The van der Waals surface area contributed by atoms with Crippen molar-refractivity contribution in [2.45, 2.75) is 11.9 Å². The van der Waals surface area contributed by atoms with Gasteiger partial charge in [-0.05, 0) is 11.6 Å². The van der Waals surface area contributed by atoms with Gasteiger partial charge in [0.25, 0.3) is 0 Å². The number of carboxylic acids is 1. The molecule has 0 amide bonds. The van der Waals surface area contributed by atoms with Crippen LogP contribution in [0.3, 0.4) is 0 Å². The molecule has 0 spiro atoms. The summed E-state index contributed by atoms with van der Waals surface area (Å²) < 4.78 is 63.9. The number of benzene rings is 1. The van der Waals surface area contributed by atoms with Gasteiger partial charge < -0.3 is 5.11 Å². The van der Waals surface area contributed by atoms with Crippen molar-refractivity contribution in [1.82, 2.24) is 4.98 Å². The van der Waals surface area contributed by atoms with Crippen molar-refractivity contribution in [3.63, 3.8) is 0 Å². The highest BCUT2D eigenvalue weighted by Gasteiger charge is 2.37. The Morgan fingerprint density at radius 3 is 2.50 bits per heavy atom. The number of hydrogen-bond donors (Lipinski definition) is 2. The normalized spacial score (nSPS) is 12.2. The lowest BCUT2D eigenvalue weighted by Gasteiger charge is -2.08. The van der Waals surface area contributed by atoms with E-state index in [1.54, 1.807) is 6.07 Å². The summed E-state index contributed by atoms with van der Waals surface area (Å²) in [4.78, 5) is 13.9. The van der Waals surface area contributed by atoms with E-state index in [0.717, 1.165) is 0 Å². The minimum atomic E-state index is -4.89. The van der Waals surface area contributed by atoms with Gasteiger partial charge >= 0.3 is 12.1 Å². The second-order valence-corrected chi connectivity index (χ2v) is 7.58. The van der Waals surface area contributed by atoms with Gasteiger partial charge in [-0.15, -0.1) is 0 Å². The maximum atomic E-state index is 12.6. The highest BCUT2D eigenvalue weighted by molar-refractivity contribution is 7.92.